The summed E-state index contributed by atoms with van der Waals surface area (Å²) in [5.74, 6) is 0.923. The van der Waals surface area contributed by atoms with Crippen molar-refractivity contribution in [2.24, 2.45) is 5.92 Å². The van der Waals surface area contributed by atoms with Crippen LogP contribution in [0.15, 0.2) is 53.4 Å². The third-order valence-corrected chi connectivity index (χ3v) is 6.34. The highest BCUT2D eigenvalue weighted by atomic mass is 35.5. The monoisotopic (exact) mass is 460 g/mol. The summed E-state index contributed by atoms with van der Waals surface area (Å²) >= 11 is 7.56. The van der Waals surface area contributed by atoms with E-state index in [-0.39, 0.29) is 11.8 Å². The van der Waals surface area contributed by atoms with E-state index in [1.54, 1.807) is 16.7 Å². The Morgan fingerprint density at radius 2 is 1.77 bits per heavy atom. The molecule has 2 amide bonds. The van der Waals surface area contributed by atoms with Gasteiger partial charge in [-0.15, -0.1) is 11.8 Å². The maximum atomic E-state index is 13.3. The standard InChI is InChI=1S/C25H33ClN2O2S/c1-5-23(25(30)27-16-18(2)3)28(17-20-9-7-6-8-19(20)4)24(29)14-15-31-22-12-10-21(26)11-13-22/h6-13,18,23H,5,14-17H2,1-4H3,(H,27,30). The van der Waals surface area contributed by atoms with Crippen molar-refractivity contribution in [3.05, 3.63) is 64.7 Å². The fourth-order valence-corrected chi connectivity index (χ4v) is 4.21. The van der Waals surface area contributed by atoms with Gasteiger partial charge in [0.25, 0.3) is 0 Å². The van der Waals surface area contributed by atoms with Crippen molar-refractivity contribution in [1.29, 1.82) is 0 Å². The lowest BCUT2D eigenvalue weighted by Gasteiger charge is -2.31. The van der Waals surface area contributed by atoms with E-state index in [1.165, 1.54) is 0 Å². The summed E-state index contributed by atoms with van der Waals surface area (Å²) in [4.78, 5) is 29.0. The molecule has 0 aliphatic heterocycles. The molecule has 0 saturated heterocycles. The van der Waals surface area contributed by atoms with E-state index in [1.807, 2.05) is 62.4 Å². The molecule has 4 nitrogen and oxygen atoms in total. The first kappa shape index (κ1) is 25.3. The average Bonchev–Trinajstić information content (AvgIpc) is 2.74. The number of amides is 2. The zero-order chi connectivity index (χ0) is 22.8. The number of hydrogen-bond acceptors (Lipinski definition) is 3. The molecule has 2 aromatic rings. The van der Waals surface area contributed by atoms with Gasteiger partial charge >= 0.3 is 0 Å². The molecular weight excluding hydrogens is 428 g/mol. The number of benzene rings is 2. The Hall–Kier alpha value is -1.98. The number of hydrogen-bond donors (Lipinski definition) is 1. The molecule has 2 rings (SSSR count). The number of nitrogens with zero attached hydrogens (tertiary/aromatic N) is 1. The minimum Gasteiger partial charge on any atom is -0.354 e. The molecular formula is C25H33ClN2O2S. The molecule has 0 radical (unpaired) electrons. The summed E-state index contributed by atoms with van der Waals surface area (Å²) in [6.07, 6.45) is 0.943. The fourth-order valence-electron chi connectivity index (χ4n) is 3.24. The quantitative estimate of drug-likeness (QED) is 0.437. The molecule has 0 heterocycles. The van der Waals surface area contributed by atoms with Crippen LogP contribution in [0.5, 0.6) is 0 Å². The van der Waals surface area contributed by atoms with Crippen LogP contribution in [0.25, 0.3) is 0 Å². The van der Waals surface area contributed by atoms with Gasteiger partial charge in [-0.3, -0.25) is 9.59 Å². The van der Waals surface area contributed by atoms with E-state index in [9.17, 15) is 9.59 Å². The second-order valence-electron chi connectivity index (χ2n) is 8.06. The highest BCUT2D eigenvalue weighted by molar-refractivity contribution is 7.99. The molecule has 0 bridgehead atoms. The second kappa shape index (κ2) is 12.8. The van der Waals surface area contributed by atoms with Gasteiger partial charge in [0.15, 0.2) is 0 Å². The first-order valence-electron chi connectivity index (χ1n) is 10.8. The lowest BCUT2D eigenvalue weighted by Crippen LogP contribution is -2.49. The van der Waals surface area contributed by atoms with Gasteiger partial charge in [0, 0.05) is 35.2 Å². The van der Waals surface area contributed by atoms with Crippen LogP contribution in [0.1, 0.15) is 44.7 Å². The van der Waals surface area contributed by atoms with Crippen LogP contribution >= 0.6 is 23.4 Å². The summed E-state index contributed by atoms with van der Waals surface area (Å²) in [6.45, 7) is 9.16. The molecule has 1 N–H and O–H groups in total. The number of rotatable bonds is 11. The van der Waals surface area contributed by atoms with Crippen LogP contribution in [0.3, 0.4) is 0 Å². The Kier molecular flexibility index (Phi) is 10.4. The minimum absolute atomic E-state index is 0.00346. The molecule has 168 valence electrons. The summed E-state index contributed by atoms with van der Waals surface area (Å²) in [5.41, 5.74) is 2.18. The van der Waals surface area contributed by atoms with Crippen LogP contribution in [0, 0.1) is 12.8 Å². The fraction of sp³-hybridized carbons (Fsp3) is 0.440. The zero-order valence-electron chi connectivity index (χ0n) is 18.9. The molecule has 2 aromatic carbocycles. The molecule has 0 aliphatic rings. The number of carbonyl (C=O) groups is 2. The van der Waals surface area contributed by atoms with Gasteiger partial charge in [0.2, 0.25) is 11.8 Å². The van der Waals surface area contributed by atoms with Gasteiger partial charge in [-0.1, -0.05) is 56.6 Å². The molecule has 6 heteroatoms. The Labute approximate surface area is 195 Å². The SMILES string of the molecule is CCC(C(=O)NCC(C)C)N(Cc1ccccc1C)C(=O)CCSc1ccc(Cl)cc1. The highest BCUT2D eigenvalue weighted by Gasteiger charge is 2.28. The number of carbonyl (C=O) groups excluding carboxylic acids is 2. The van der Waals surface area contributed by atoms with E-state index in [2.05, 4.69) is 19.2 Å². The number of halogens is 1. The van der Waals surface area contributed by atoms with Crippen LogP contribution < -0.4 is 5.32 Å². The van der Waals surface area contributed by atoms with Crippen molar-refractivity contribution >= 4 is 35.2 Å². The van der Waals surface area contributed by atoms with Gasteiger partial charge in [0.05, 0.1) is 0 Å². The zero-order valence-corrected chi connectivity index (χ0v) is 20.4. The van der Waals surface area contributed by atoms with Crippen molar-refractivity contribution in [3.63, 3.8) is 0 Å². The lowest BCUT2D eigenvalue weighted by molar-refractivity contribution is -0.141. The van der Waals surface area contributed by atoms with E-state index in [0.717, 1.165) is 16.0 Å². The normalized spacial score (nSPS) is 11.9. The van der Waals surface area contributed by atoms with Crippen molar-refractivity contribution in [2.45, 2.75) is 58.0 Å². The van der Waals surface area contributed by atoms with Crippen molar-refractivity contribution in [3.8, 4) is 0 Å². The molecule has 0 aliphatic carbocycles. The average molecular weight is 461 g/mol. The van der Waals surface area contributed by atoms with Crippen LogP contribution in [-0.2, 0) is 16.1 Å². The number of aryl methyl sites for hydroxylation is 1. The summed E-state index contributed by atoms with van der Waals surface area (Å²) in [5, 5.41) is 3.70. The Morgan fingerprint density at radius 1 is 1.10 bits per heavy atom. The van der Waals surface area contributed by atoms with Crippen molar-refractivity contribution in [1.82, 2.24) is 10.2 Å². The van der Waals surface area contributed by atoms with Gasteiger partial charge in [-0.05, 0) is 54.7 Å². The Balaban J connectivity index is 2.12. The second-order valence-corrected chi connectivity index (χ2v) is 9.67. The summed E-state index contributed by atoms with van der Waals surface area (Å²) in [7, 11) is 0. The predicted octanol–water partition coefficient (Wildman–Crippen LogP) is 5.71. The molecule has 31 heavy (non-hydrogen) atoms. The topological polar surface area (TPSA) is 49.4 Å². The lowest BCUT2D eigenvalue weighted by atomic mass is 10.1. The first-order chi connectivity index (χ1) is 14.8. The first-order valence-corrected chi connectivity index (χ1v) is 12.2. The van der Waals surface area contributed by atoms with E-state index in [0.29, 0.717) is 42.6 Å². The summed E-state index contributed by atoms with van der Waals surface area (Å²) in [6, 6.07) is 15.1. The molecule has 0 saturated carbocycles. The maximum absolute atomic E-state index is 13.3. The van der Waals surface area contributed by atoms with Gasteiger partial charge in [-0.2, -0.15) is 0 Å². The minimum atomic E-state index is -0.480. The number of nitrogens with one attached hydrogen (secondary N) is 1. The molecule has 0 fully saturated rings. The van der Waals surface area contributed by atoms with Crippen LogP contribution in [0.4, 0.5) is 0 Å². The van der Waals surface area contributed by atoms with E-state index in [4.69, 9.17) is 11.6 Å². The molecule has 0 aromatic heterocycles. The van der Waals surface area contributed by atoms with E-state index >= 15 is 0 Å². The predicted molar refractivity (Wildman–Crippen MR) is 130 cm³/mol. The Bertz CT molecular complexity index is 855. The third-order valence-electron chi connectivity index (χ3n) is 5.07. The van der Waals surface area contributed by atoms with Gasteiger partial charge in [0.1, 0.15) is 6.04 Å². The molecule has 1 atom stereocenters. The summed E-state index contributed by atoms with van der Waals surface area (Å²) < 4.78 is 0. The smallest absolute Gasteiger partial charge is 0.242 e. The van der Waals surface area contributed by atoms with Crippen LogP contribution in [0.2, 0.25) is 5.02 Å². The molecule has 1 unspecified atom stereocenters. The number of thioether (sulfide) groups is 1. The van der Waals surface area contributed by atoms with Crippen molar-refractivity contribution in [2.75, 3.05) is 12.3 Å². The largest absolute Gasteiger partial charge is 0.354 e. The highest BCUT2D eigenvalue weighted by Crippen LogP contribution is 2.22. The maximum Gasteiger partial charge on any atom is 0.242 e. The third kappa shape index (κ3) is 8.23. The van der Waals surface area contributed by atoms with E-state index < -0.39 is 6.04 Å². The van der Waals surface area contributed by atoms with Gasteiger partial charge < -0.3 is 10.2 Å². The van der Waals surface area contributed by atoms with Crippen molar-refractivity contribution < 1.29 is 9.59 Å². The Morgan fingerprint density at radius 3 is 2.39 bits per heavy atom. The van der Waals surface area contributed by atoms with Crippen LogP contribution in [-0.4, -0.2) is 35.1 Å². The van der Waals surface area contributed by atoms with Gasteiger partial charge in [-0.25, -0.2) is 0 Å². The molecule has 0 spiro atoms.